The van der Waals surface area contributed by atoms with Crippen LogP contribution in [0, 0.1) is 0 Å². The summed E-state index contributed by atoms with van der Waals surface area (Å²) in [5.74, 6) is 1.12. The Morgan fingerprint density at radius 2 is 2.00 bits per heavy atom. The van der Waals surface area contributed by atoms with Gasteiger partial charge in [-0.1, -0.05) is 13.3 Å². The van der Waals surface area contributed by atoms with Crippen LogP contribution >= 0.6 is 0 Å². The van der Waals surface area contributed by atoms with Crippen LogP contribution in [0.3, 0.4) is 0 Å². The molecule has 114 valence electrons. The Kier molecular flexibility index (Phi) is 5.22. The average molecular weight is 278 g/mol. The zero-order valence-electron chi connectivity index (χ0n) is 13.3. The fourth-order valence-corrected chi connectivity index (χ4v) is 3.36. The molecule has 2 N–H and O–H groups in total. The van der Waals surface area contributed by atoms with Crippen LogP contribution in [0.25, 0.3) is 0 Å². The van der Waals surface area contributed by atoms with E-state index in [-0.39, 0.29) is 11.6 Å². The molecule has 20 heavy (non-hydrogen) atoms. The number of hydrogen-bond acceptors (Lipinski definition) is 3. The van der Waals surface area contributed by atoms with Gasteiger partial charge in [-0.15, -0.1) is 0 Å². The number of nitrogens with two attached hydrogens (primary N) is 1. The Hall–Kier alpha value is -0.870. The molecule has 0 spiro atoms. The smallest absolute Gasteiger partial charge is 0.110 e. The molecule has 0 bridgehead atoms. The molecule has 1 aliphatic heterocycles. The van der Waals surface area contributed by atoms with E-state index in [0.717, 1.165) is 25.2 Å². The van der Waals surface area contributed by atoms with Gasteiger partial charge in [0.25, 0.3) is 0 Å². The van der Waals surface area contributed by atoms with Gasteiger partial charge in [0.1, 0.15) is 5.82 Å². The molecule has 2 atom stereocenters. The molecule has 0 aromatic carbocycles. The Morgan fingerprint density at radius 1 is 1.30 bits per heavy atom. The fourth-order valence-electron chi connectivity index (χ4n) is 3.36. The molecule has 4 heteroatoms. The lowest BCUT2D eigenvalue weighted by Crippen LogP contribution is -2.60. The maximum atomic E-state index is 6.61. The van der Waals surface area contributed by atoms with Gasteiger partial charge in [-0.05, 0) is 46.2 Å². The molecule has 1 fully saturated rings. The van der Waals surface area contributed by atoms with Crippen LogP contribution in [-0.2, 0) is 13.0 Å². The highest BCUT2D eigenvalue weighted by atomic mass is 15.2. The molecule has 0 saturated carbocycles. The van der Waals surface area contributed by atoms with Crippen LogP contribution in [0.4, 0.5) is 0 Å². The molecule has 2 unspecified atom stereocenters. The minimum atomic E-state index is 0.0882. The lowest BCUT2D eigenvalue weighted by molar-refractivity contribution is 0.0538. The van der Waals surface area contributed by atoms with Crippen LogP contribution in [0.5, 0.6) is 0 Å². The zero-order valence-corrected chi connectivity index (χ0v) is 13.3. The third kappa shape index (κ3) is 3.07. The van der Waals surface area contributed by atoms with Crippen LogP contribution < -0.4 is 5.73 Å². The van der Waals surface area contributed by atoms with Crippen LogP contribution in [0.15, 0.2) is 12.4 Å². The van der Waals surface area contributed by atoms with Gasteiger partial charge < -0.3 is 10.3 Å². The van der Waals surface area contributed by atoms with Crippen molar-refractivity contribution >= 4 is 0 Å². The predicted octanol–water partition coefficient (Wildman–Crippen LogP) is 2.43. The molecule has 1 saturated heterocycles. The van der Waals surface area contributed by atoms with Crippen molar-refractivity contribution in [2.24, 2.45) is 5.73 Å². The van der Waals surface area contributed by atoms with Crippen molar-refractivity contribution in [3.05, 3.63) is 18.2 Å². The zero-order chi connectivity index (χ0) is 14.6. The summed E-state index contributed by atoms with van der Waals surface area (Å²) in [7, 11) is 0. The SMILES string of the molecule is CCn1ccnc1CC(N)C(C)(CC)N1CCCCC1. The third-order valence-electron chi connectivity index (χ3n) is 5.14. The number of piperidine rings is 1. The lowest BCUT2D eigenvalue weighted by atomic mass is 9.84. The molecule has 2 heterocycles. The fraction of sp³-hybridized carbons (Fsp3) is 0.812. The summed E-state index contributed by atoms with van der Waals surface area (Å²) in [6.07, 6.45) is 9.88. The Labute approximate surface area is 123 Å². The summed E-state index contributed by atoms with van der Waals surface area (Å²) >= 11 is 0. The van der Waals surface area contributed by atoms with Crippen molar-refractivity contribution in [3.8, 4) is 0 Å². The third-order valence-corrected chi connectivity index (χ3v) is 5.14. The van der Waals surface area contributed by atoms with Crippen molar-refractivity contribution in [2.45, 2.75) is 71.0 Å². The summed E-state index contributed by atoms with van der Waals surface area (Å²) in [6, 6.07) is 0.137. The van der Waals surface area contributed by atoms with Gasteiger partial charge in [0.2, 0.25) is 0 Å². The molecule has 0 radical (unpaired) electrons. The Balaban J connectivity index is 2.09. The number of nitrogens with zero attached hydrogens (tertiary/aromatic N) is 3. The van der Waals surface area contributed by atoms with E-state index in [4.69, 9.17) is 5.73 Å². The van der Waals surface area contributed by atoms with Gasteiger partial charge >= 0.3 is 0 Å². The Morgan fingerprint density at radius 3 is 2.60 bits per heavy atom. The second-order valence-corrected chi connectivity index (χ2v) is 6.20. The first kappa shape index (κ1) is 15.5. The molecule has 1 aromatic rings. The van der Waals surface area contributed by atoms with Crippen LogP contribution in [-0.4, -0.2) is 39.1 Å². The first-order valence-corrected chi connectivity index (χ1v) is 8.12. The van der Waals surface area contributed by atoms with Crippen molar-refractivity contribution in [3.63, 3.8) is 0 Å². The standard InChI is InChI=1S/C16H30N4/c1-4-16(3,20-10-7-6-8-11-20)14(17)13-15-18-9-12-19(15)5-2/h9,12,14H,4-8,10-11,13,17H2,1-3H3. The number of aromatic nitrogens is 2. The monoisotopic (exact) mass is 278 g/mol. The maximum absolute atomic E-state index is 6.61. The highest BCUT2D eigenvalue weighted by Gasteiger charge is 2.37. The summed E-state index contributed by atoms with van der Waals surface area (Å²) < 4.78 is 2.20. The van der Waals surface area contributed by atoms with E-state index >= 15 is 0 Å². The van der Waals surface area contributed by atoms with Gasteiger partial charge in [-0.25, -0.2) is 4.98 Å². The number of likely N-dealkylation sites (tertiary alicyclic amines) is 1. The summed E-state index contributed by atoms with van der Waals surface area (Å²) in [4.78, 5) is 7.10. The number of rotatable bonds is 6. The van der Waals surface area contributed by atoms with Crippen molar-refractivity contribution in [1.82, 2.24) is 14.5 Å². The van der Waals surface area contributed by atoms with E-state index in [0.29, 0.717) is 0 Å². The maximum Gasteiger partial charge on any atom is 0.110 e. The van der Waals surface area contributed by atoms with E-state index in [2.05, 4.69) is 35.2 Å². The lowest BCUT2D eigenvalue weighted by Gasteiger charge is -2.46. The molecule has 0 aliphatic carbocycles. The molecule has 0 amide bonds. The molecular weight excluding hydrogens is 248 g/mol. The van der Waals surface area contributed by atoms with Crippen LogP contribution in [0.2, 0.25) is 0 Å². The summed E-state index contributed by atoms with van der Waals surface area (Å²) in [6.45, 7) is 10.1. The van der Waals surface area contributed by atoms with E-state index in [1.165, 1.54) is 32.4 Å². The summed E-state index contributed by atoms with van der Waals surface area (Å²) in [5, 5.41) is 0. The number of aryl methyl sites for hydroxylation is 1. The second-order valence-electron chi connectivity index (χ2n) is 6.20. The first-order valence-electron chi connectivity index (χ1n) is 8.12. The first-order chi connectivity index (χ1) is 9.61. The quantitative estimate of drug-likeness (QED) is 0.869. The van der Waals surface area contributed by atoms with Gasteiger partial charge in [0.15, 0.2) is 0 Å². The Bertz CT molecular complexity index is 408. The van der Waals surface area contributed by atoms with Gasteiger partial charge in [-0.3, -0.25) is 4.90 Å². The topological polar surface area (TPSA) is 47.1 Å². The molecule has 1 aromatic heterocycles. The number of imidazole rings is 1. The molecular formula is C16H30N4. The van der Waals surface area contributed by atoms with Crippen molar-refractivity contribution in [2.75, 3.05) is 13.1 Å². The highest BCUT2D eigenvalue weighted by Crippen LogP contribution is 2.28. The second kappa shape index (κ2) is 6.72. The van der Waals surface area contributed by atoms with Crippen molar-refractivity contribution < 1.29 is 0 Å². The van der Waals surface area contributed by atoms with Gasteiger partial charge in [0, 0.05) is 36.9 Å². The minimum absolute atomic E-state index is 0.0882. The molecule has 1 aliphatic rings. The molecule has 2 rings (SSSR count). The molecule has 4 nitrogen and oxygen atoms in total. The summed E-state index contributed by atoms with van der Waals surface area (Å²) in [5.41, 5.74) is 6.70. The van der Waals surface area contributed by atoms with E-state index in [1.807, 2.05) is 12.4 Å². The number of hydrogen-bond donors (Lipinski definition) is 1. The highest BCUT2D eigenvalue weighted by molar-refractivity contribution is 5.03. The minimum Gasteiger partial charge on any atom is -0.335 e. The van der Waals surface area contributed by atoms with E-state index in [9.17, 15) is 0 Å². The van der Waals surface area contributed by atoms with Crippen molar-refractivity contribution in [1.29, 1.82) is 0 Å². The van der Waals surface area contributed by atoms with E-state index in [1.54, 1.807) is 0 Å². The predicted molar refractivity (Wildman–Crippen MR) is 83.7 cm³/mol. The van der Waals surface area contributed by atoms with Gasteiger partial charge in [-0.2, -0.15) is 0 Å². The van der Waals surface area contributed by atoms with Gasteiger partial charge in [0.05, 0.1) is 0 Å². The average Bonchev–Trinajstić information content (AvgIpc) is 2.94. The van der Waals surface area contributed by atoms with E-state index < -0.39 is 0 Å². The normalized spacial score (nSPS) is 21.6. The van der Waals surface area contributed by atoms with Crippen LogP contribution in [0.1, 0.15) is 52.3 Å². The largest absolute Gasteiger partial charge is 0.335 e.